The van der Waals surface area contributed by atoms with E-state index in [1.165, 1.54) is 24.0 Å². The van der Waals surface area contributed by atoms with Gasteiger partial charge in [-0.2, -0.15) is 0 Å². The Bertz CT molecular complexity index is 539. The fraction of sp³-hybridized carbons (Fsp3) is 0.611. The molecule has 4 nitrogen and oxygen atoms in total. The Hall–Kier alpha value is -0.980. The maximum atomic E-state index is 5.56. The molecule has 0 spiro atoms. The molecular weight excluding hydrogens is 401 g/mol. The molecule has 0 amide bonds. The van der Waals surface area contributed by atoms with E-state index >= 15 is 0 Å². The molecule has 0 atom stereocenters. The molecule has 1 aromatic rings. The van der Waals surface area contributed by atoms with Crippen LogP contribution in [0.1, 0.15) is 30.9 Å². The topological polar surface area (TPSA) is 36.9 Å². The zero-order valence-electron chi connectivity index (χ0n) is 14.2. The Morgan fingerprint density at radius 3 is 2.87 bits per heavy atom. The number of hydrogen-bond donors (Lipinski definition) is 1. The first-order valence-electron chi connectivity index (χ1n) is 8.46. The molecule has 0 aromatic heterocycles. The van der Waals surface area contributed by atoms with Gasteiger partial charge in [-0.15, -0.1) is 24.0 Å². The third kappa shape index (κ3) is 4.75. The van der Waals surface area contributed by atoms with Gasteiger partial charge in [0, 0.05) is 33.1 Å². The summed E-state index contributed by atoms with van der Waals surface area (Å²) in [4.78, 5) is 6.82. The minimum atomic E-state index is 0. The number of guanidine groups is 1. The summed E-state index contributed by atoms with van der Waals surface area (Å²) in [6, 6.07) is 6.57. The number of benzene rings is 1. The molecule has 2 heterocycles. The van der Waals surface area contributed by atoms with Crippen LogP contribution in [0.5, 0.6) is 5.75 Å². The molecule has 0 aliphatic carbocycles. The molecule has 1 N–H and O–H groups in total. The molecule has 5 heteroatoms. The lowest BCUT2D eigenvalue weighted by Crippen LogP contribution is -2.45. The highest BCUT2D eigenvalue weighted by Gasteiger charge is 2.18. The molecule has 0 bridgehead atoms. The van der Waals surface area contributed by atoms with Crippen LogP contribution in [-0.2, 0) is 12.8 Å². The second kappa shape index (κ2) is 8.76. The minimum Gasteiger partial charge on any atom is -0.493 e. The second-order valence-electron chi connectivity index (χ2n) is 6.43. The lowest BCUT2D eigenvalue weighted by Gasteiger charge is -2.32. The van der Waals surface area contributed by atoms with Gasteiger partial charge in [-0.1, -0.05) is 19.1 Å². The first-order valence-corrected chi connectivity index (χ1v) is 8.46. The van der Waals surface area contributed by atoms with Gasteiger partial charge in [-0.3, -0.25) is 4.99 Å². The highest BCUT2D eigenvalue weighted by atomic mass is 127. The standard InChI is InChI=1S/C18H27N3O.HI/c1-14-6-10-21(11-7-14)18(19-2)20-9-5-15-3-4-17-16(13-15)8-12-22-17;/h3-4,13-14H,5-12H2,1-2H3,(H,19,20);1H. The highest BCUT2D eigenvalue weighted by Crippen LogP contribution is 2.25. The van der Waals surface area contributed by atoms with E-state index in [1.807, 2.05) is 7.05 Å². The Balaban J connectivity index is 0.00000192. The lowest BCUT2D eigenvalue weighted by atomic mass is 9.99. The van der Waals surface area contributed by atoms with Crippen molar-refractivity contribution in [3.05, 3.63) is 29.3 Å². The number of fused-ring (bicyclic) bond motifs is 1. The van der Waals surface area contributed by atoms with Crippen LogP contribution >= 0.6 is 24.0 Å². The Labute approximate surface area is 156 Å². The number of likely N-dealkylation sites (tertiary alicyclic amines) is 1. The molecule has 0 radical (unpaired) electrons. The minimum absolute atomic E-state index is 0. The Kier molecular flexibility index (Phi) is 6.99. The zero-order valence-corrected chi connectivity index (χ0v) is 16.5. The predicted molar refractivity (Wildman–Crippen MR) is 106 cm³/mol. The van der Waals surface area contributed by atoms with Crippen LogP contribution in [-0.4, -0.2) is 44.1 Å². The van der Waals surface area contributed by atoms with Crippen molar-refractivity contribution in [3.8, 4) is 5.75 Å². The number of nitrogens with zero attached hydrogens (tertiary/aromatic N) is 2. The van der Waals surface area contributed by atoms with Gasteiger partial charge in [-0.25, -0.2) is 0 Å². The molecule has 1 saturated heterocycles. The number of nitrogens with one attached hydrogen (secondary N) is 1. The van der Waals surface area contributed by atoms with Crippen LogP contribution in [0.2, 0.25) is 0 Å². The van der Waals surface area contributed by atoms with E-state index in [4.69, 9.17) is 4.74 Å². The van der Waals surface area contributed by atoms with Crippen molar-refractivity contribution in [3.63, 3.8) is 0 Å². The Morgan fingerprint density at radius 1 is 1.35 bits per heavy atom. The summed E-state index contributed by atoms with van der Waals surface area (Å²) in [6.45, 7) is 6.34. The van der Waals surface area contributed by atoms with E-state index < -0.39 is 0 Å². The number of aliphatic imine (C=N–C) groups is 1. The van der Waals surface area contributed by atoms with Crippen molar-refractivity contribution >= 4 is 29.9 Å². The van der Waals surface area contributed by atoms with Crippen molar-refractivity contribution in [2.24, 2.45) is 10.9 Å². The van der Waals surface area contributed by atoms with Crippen LogP contribution < -0.4 is 10.1 Å². The largest absolute Gasteiger partial charge is 0.493 e. The number of hydrogen-bond acceptors (Lipinski definition) is 2. The SMILES string of the molecule is CN=C(NCCc1ccc2c(c1)CCO2)N1CCC(C)CC1.I. The Morgan fingerprint density at radius 2 is 2.13 bits per heavy atom. The summed E-state index contributed by atoms with van der Waals surface area (Å²) in [5.41, 5.74) is 2.73. The van der Waals surface area contributed by atoms with Crippen LogP contribution in [0.4, 0.5) is 0 Å². The van der Waals surface area contributed by atoms with E-state index in [-0.39, 0.29) is 24.0 Å². The fourth-order valence-corrected chi connectivity index (χ4v) is 3.27. The summed E-state index contributed by atoms with van der Waals surface area (Å²) < 4.78 is 5.56. The van der Waals surface area contributed by atoms with Gasteiger partial charge in [-0.05, 0) is 42.4 Å². The third-order valence-electron chi connectivity index (χ3n) is 4.75. The summed E-state index contributed by atoms with van der Waals surface area (Å²) in [7, 11) is 1.88. The molecule has 2 aliphatic heterocycles. The molecule has 1 fully saturated rings. The third-order valence-corrected chi connectivity index (χ3v) is 4.75. The number of halogens is 1. The molecular formula is C18H28IN3O. The van der Waals surface area contributed by atoms with Gasteiger partial charge in [0.1, 0.15) is 5.75 Å². The fourth-order valence-electron chi connectivity index (χ4n) is 3.27. The molecule has 1 aromatic carbocycles. The average Bonchev–Trinajstić information content (AvgIpc) is 3.00. The van der Waals surface area contributed by atoms with Gasteiger partial charge in [0.2, 0.25) is 0 Å². The van der Waals surface area contributed by atoms with Crippen molar-refractivity contribution < 1.29 is 4.74 Å². The van der Waals surface area contributed by atoms with Crippen molar-refractivity contribution in [1.29, 1.82) is 0 Å². The molecule has 0 unspecified atom stereocenters. The maximum Gasteiger partial charge on any atom is 0.193 e. The van der Waals surface area contributed by atoms with Crippen molar-refractivity contribution in [2.45, 2.75) is 32.6 Å². The molecule has 0 saturated carbocycles. The first-order chi connectivity index (χ1) is 10.8. The van der Waals surface area contributed by atoms with E-state index in [0.717, 1.165) is 56.7 Å². The summed E-state index contributed by atoms with van der Waals surface area (Å²) in [5, 5.41) is 3.51. The van der Waals surface area contributed by atoms with Gasteiger partial charge in [0.05, 0.1) is 6.61 Å². The summed E-state index contributed by atoms with van der Waals surface area (Å²) in [6.07, 6.45) is 4.61. The molecule has 23 heavy (non-hydrogen) atoms. The van der Waals surface area contributed by atoms with E-state index in [2.05, 4.69) is 40.3 Å². The van der Waals surface area contributed by atoms with Gasteiger partial charge in [0.15, 0.2) is 5.96 Å². The summed E-state index contributed by atoms with van der Waals surface area (Å²) >= 11 is 0. The summed E-state index contributed by atoms with van der Waals surface area (Å²) in [5.74, 6) is 2.97. The van der Waals surface area contributed by atoms with Crippen LogP contribution in [0.25, 0.3) is 0 Å². The molecule has 128 valence electrons. The van der Waals surface area contributed by atoms with Gasteiger partial charge < -0.3 is 15.0 Å². The quantitative estimate of drug-likeness (QED) is 0.456. The monoisotopic (exact) mass is 429 g/mol. The van der Waals surface area contributed by atoms with E-state index in [9.17, 15) is 0 Å². The number of ether oxygens (including phenoxy) is 1. The van der Waals surface area contributed by atoms with Gasteiger partial charge in [0.25, 0.3) is 0 Å². The predicted octanol–water partition coefficient (Wildman–Crippen LogP) is 3.09. The van der Waals surface area contributed by atoms with E-state index in [0.29, 0.717) is 0 Å². The van der Waals surface area contributed by atoms with Crippen molar-refractivity contribution in [2.75, 3.05) is 33.3 Å². The smallest absolute Gasteiger partial charge is 0.193 e. The van der Waals surface area contributed by atoms with E-state index in [1.54, 1.807) is 0 Å². The molecule has 3 rings (SSSR count). The first kappa shape index (κ1) is 18.4. The van der Waals surface area contributed by atoms with Gasteiger partial charge >= 0.3 is 0 Å². The number of rotatable bonds is 3. The normalized spacial score (nSPS) is 18.2. The highest BCUT2D eigenvalue weighted by molar-refractivity contribution is 14.0. The van der Waals surface area contributed by atoms with Crippen LogP contribution in [0, 0.1) is 5.92 Å². The zero-order chi connectivity index (χ0) is 15.4. The average molecular weight is 429 g/mol. The van der Waals surface area contributed by atoms with Crippen LogP contribution in [0.3, 0.4) is 0 Å². The van der Waals surface area contributed by atoms with Crippen molar-refractivity contribution in [1.82, 2.24) is 10.2 Å². The second-order valence-corrected chi connectivity index (χ2v) is 6.43. The van der Waals surface area contributed by atoms with Crippen LogP contribution in [0.15, 0.2) is 23.2 Å². The number of piperidine rings is 1. The maximum absolute atomic E-state index is 5.56. The lowest BCUT2D eigenvalue weighted by molar-refractivity contribution is 0.273. The molecule has 2 aliphatic rings.